The predicted octanol–water partition coefficient (Wildman–Crippen LogP) is 2.88. The number of amides is 1. The van der Waals surface area contributed by atoms with Gasteiger partial charge >= 0.3 is 0 Å². The van der Waals surface area contributed by atoms with Crippen molar-refractivity contribution in [2.45, 2.75) is 19.3 Å². The van der Waals surface area contributed by atoms with Crippen LogP contribution >= 0.6 is 11.3 Å². The van der Waals surface area contributed by atoms with Gasteiger partial charge in [0.05, 0.1) is 22.1 Å². The van der Waals surface area contributed by atoms with E-state index < -0.39 is 10.8 Å². The number of benzene rings is 1. The molecule has 0 unspecified atom stereocenters. The molecule has 1 amide bonds. The Morgan fingerprint density at radius 3 is 2.93 bits per heavy atom. The van der Waals surface area contributed by atoms with E-state index in [4.69, 9.17) is 4.74 Å². The van der Waals surface area contributed by atoms with E-state index >= 15 is 0 Å². The lowest BCUT2D eigenvalue weighted by atomic mass is 10.0. The Kier molecular flexibility index (Phi) is 5.77. The van der Waals surface area contributed by atoms with Gasteiger partial charge in [-0.2, -0.15) is 0 Å². The molecule has 142 valence electrons. The van der Waals surface area contributed by atoms with Gasteiger partial charge in [-0.1, -0.05) is 11.3 Å². The fourth-order valence-corrected chi connectivity index (χ4v) is 3.73. The first-order valence-electron chi connectivity index (χ1n) is 8.35. The fourth-order valence-electron chi connectivity index (χ4n) is 2.75. The third kappa shape index (κ3) is 4.29. The maximum Gasteiger partial charge on any atom is 0.293 e. The number of methoxy groups -OCH3 is 1. The van der Waals surface area contributed by atoms with Gasteiger partial charge in [0.15, 0.2) is 10.9 Å². The number of nitro benzene ring substituents is 1. The third-order valence-electron chi connectivity index (χ3n) is 4.07. The summed E-state index contributed by atoms with van der Waals surface area (Å²) in [5, 5.41) is 17.2. The van der Waals surface area contributed by atoms with Gasteiger partial charge < -0.3 is 10.1 Å². The number of nitrogens with one attached hydrogen (secondary N) is 2. The number of Topliss-reactive ketones (excluding diaryl/α,β-unsaturated/α-hetero) is 1. The molecule has 0 bridgehead atoms. The molecule has 1 aliphatic carbocycles. The topological polar surface area (TPSA) is 123 Å². The average molecular weight is 390 g/mol. The van der Waals surface area contributed by atoms with E-state index in [2.05, 4.69) is 15.6 Å². The van der Waals surface area contributed by atoms with Gasteiger partial charge in [0, 0.05) is 31.7 Å². The third-order valence-corrected chi connectivity index (χ3v) is 5.12. The molecule has 0 spiro atoms. The van der Waals surface area contributed by atoms with Crippen LogP contribution in [-0.2, 0) is 11.2 Å². The van der Waals surface area contributed by atoms with Crippen LogP contribution in [0.4, 0.5) is 16.5 Å². The Balaban J connectivity index is 1.77. The number of ketones is 1. The van der Waals surface area contributed by atoms with Crippen molar-refractivity contribution in [3.8, 4) is 0 Å². The van der Waals surface area contributed by atoms with E-state index in [-0.39, 0.29) is 17.0 Å². The summed E-state index contributed by atoms with van der Waals surface area (Å²) >= 11 is 1.14. The van der Waals surface area contributed by atoms with Crippen molar-refractivity contribution in [2.75, 3.05) is 30.9 Å². The van der Waals surface area contributed by atoms with Crippen LogP contribution in [0.1, 0.15) is 38.6 Å². The van der Waals surface area contributed by atoms with E-state index in [1.165, 1.54) is 25.3 Å². The van der Waals surface area contributed by atoms with Crippen LogP contribution in [0.25, 0.3) is 0 Å². The lowest BCUT2D eigenvalue weighted by molar-refractivity contribution is -0.384. The highest BCUT2D eigenvalue weighted by molar-refractivity contribution is 7.17. The quantitative estimate of drug-likeness (QED) is 0.423. The first-order valence-corrected chi connectivity index (χ1v) is 9.16. The normalized spacial score (nSPS) is 13.1. The van der Waals surface area contributed by atoms with Gasteiger partial charge in [-0.15, -0.1) is 0 Å². The molecule has 0 fully saturated rings. The molecule has 1 aliphatic rings. The van der Waals surface area contributed by atoms with Crippen molar-refractivity contribution >= 4 is 39.5 Å². The number of nitrogens with zero attached hydrogens (tertiary/aromatic N) is 2. The van der Waals surface area contributed by atoms with Crippen molar-refractivity contribution in [2.24, 2.45) is 0 Å². The van der Waals surface area contributed by atoms with Crippen molar-refractivity contribution in [3.63, 3.8) is 0 Å². The number of hydrogen-bond donors (Lipinski definition) is 2. The molecule has 2 N–H and O–H groups in total. The van der Waals surface area contributed by atoms with E-state index in [9.17, 15) is 19.7 Å². The SMILES string of the molecule is COCCNc1ccc(C(=O)Nc2nc3c(s2)C(=O)CCC3)cc1[N+](=O)[O-]. The van der Waals surface area contributed by atoms with Crippen molar-refractivity contribution in [1.29, 1.82) is 0 Å². The summed E-state index contributed by atoms with van der Waals surface area (Å²) in [5.41, 5.74) is 0.949. The van der Waals surface area contributed by atoms with E-state index in [0.29, 0.717) is 47.4 Å². The summed E-state index contributed by atoms with van der Waals surface area (Å²) in [6.07, 6.45) is 1.96. The summed E-state index contributed by atoms with van der Waals surface area (Å²) in [6.45, 7) is 0.800. The van der Waals surface area contributed by atoms with Crippen LogP contribution in [0.15, 0.2) is 18.2 Å². The maximum absolute atomic E-state index is 12.5. The number of carbonyl (C=O) groups is 2. The van der Waals surface area contributed by atoms with Gasteiger partial charge in [-0.25, -0.2) is 4.98 Å². The number of ether oxygens (including phenoxy) is 1. The van der Waals surface area contributed by atoms with Crippen molar-refractivity contribution < 1.29 is 19.2 Å². The summed E-state index contributed by atoms with van der Waals surface area (Å²) in [6, 6.07) is 4.19. The fraction of sp³-hybridized carbons (Fsp3) is 0.353. The number of anilines is 2. The van der Waals surface area contributed by atoms with Gasteiger partial charge in [-0.05, 0) is 25.0 Å². The number of aryl methyl sites for hydroxylation is 1. The highest BCUT2D eigenvalue weighted by Gasteiger charge is 2.23. The van der Waals surface area contributed by atoms with Gasteiger partial charge in [0.2, 0.25) is 0 Å². The monoisotopic (exact) mass is 390 g/mol. The van der Waals surface area contributed by atoms with Crippen LogP contribution in [-0.4, -0.2) is 41.9 Å². The number of aromatic nitrogens is 1. The minimum absolute atomic E-state index is 0.0383. The van der Waals surface area contributed by atoms with Crippen LogP contribution in [0.5, 0.6) is 0 Å². The predicted molar refractivity (Wildman–Crippen MR) is 101 cm³/mol. The molecule has 0 saturated carbocycles. The van der Waals surface area contributed by atoms with Crippen LogP contribution in [0.2, 0.25) is 0 Å². The Labute approximate surface area is 158 Å². The molecule has 1 aromatic heterocycles. The molecule has 10 heteroatoms. The summed E-state index contributed by atoms with van der Waals surface area (Å²) in [4.78, 5) is 40.0. The van der Waals surface area contributed by atoms with Gasteiger partial charge in [-0.3, -0.25) is 25.0 Å². The zero-order valence-electron chi connectivity index (χ0n) is 14.6. The van der Waals surface area contributed by atoms with Gasteiger partial charge in [0.25, 0.3) is 11.6 Å². The maximum atomic E-state index is 12.5. The molecule has 9 nitrogen and oxygen atoms in total. The first kappa shape index (κ1) is 18.9. The Hall–Kier alpha value is -2.85. The highest BCUT2D eigenvalue weighted by atomic mass is 32.1. The standard InChI is InChI=1S/C17H18N4O5S/c1-26-8-7-18-11-6-5-10(9-13(11)21(24)25)16(23)20-17-19-12-3-2-4-14(22)15(12)27-17/h5-6,9,18H,2-4,7-8H2,1H3,(H,19,20,23). The van der Waals surface area contributed by atoms with Crippen LogP contribution in [0.3, 0.4) is 0 Å². The van der Waals surface area contributed by atoms with Crippen molar-refractivity contribution in [3.05, 3.63) is 44.4 Å². The summed E-state index contributed by atoms with van der Waals surface area (Å²) in [5.74, 6) is -0.475. The largest absolute Gasteiger partial charge is 0.383 e. The number of carbonyl (C=O) groups excluding carboxylic acids is 2. The number of nitro groups is 1. The lowest BCUT2D eigenvalue weighted by Gasteiger charge is -2.08. The Morgan fingerprint density at radius 1 is 1.41 bits per heavy atom. The smallest absolute Gasteiger partial charge is 0.293 e. The Bertz CT molecular complexity index is 895. The molecule has 3 rings (SSSR count). The van der Waals surface area contributed by atoms with E-state index in [1.807, 2.05) is 0 Å². The molecule has 1 heterocycles. The average Bonchev–Trinajstić information content (AvgIpc) is 3.06. The molecule has 0 saturated heterocycles. The second-order valence-corrected chi connectivity index (χ2v) is 6.93. The minimum Gasteiger partial charge on any atom is -0.383 e. The number of rotatable bonds is 7. The number of fused-ring (bicyclic) bond motifs is 1. The second kappa shape index (κ2) is 8.23. The zero-order valence-corrected chi connectivity index (χ0v) is 15.4. The molecule has 1 aromatic carbocycles. The molecule has 2 aromatic rings. The van der Waals surface area contributed by atoms with Crippen LogP contribution in [0, 0.1) is 10.1 Å². The zero-order chi connectivity index (χ0) is 19.4. The second-order valence-electron chi connectivity index (χ2n) is 5.93. The molecule has 0 atom stereocenters. The van der Waals surface area contributed by atoms with E-state index in [0.717, 1.165) is 17.8 Å². The molecule has 0 radical (unpaired) electrons. The molecular weight excluding hydrogens is 372 g/mol. The Morgan fingerprint density at radius 2 is 2.22 bits per heavy atom. The highest BCUT2D eigenvalue weighted by Crippen LogP contribution is 2.30. The minimum atomic E-state index is -0.549. The summed E-state index contributed by atoms with van der Waals surface area (Å²) in [7, 11) is 1.54. The first-order chi connectivity index (χ1) is 13.0. The molecular formula is C17H18N4O5S. The molecule has 27 heavy (non-hydrogen) atoms. The number of hydrogen-bond acceptors (Lipinski definition) is 8. The molecule has 0 aliphatic heterocycles. The van der Waals surface area contributed by atoms with Crippen LogP contribution < -0.4 is 10.6 Å². The van der Waals surface area contributed by atoms with E-state index in [1.54, 1.807) is 0 Å². The van der Waals surface area contributed by atoms with Crippen molar-refractivity contribution in [1.82, 2.24) is 4.98 Å². The van der Waals surface area contributed by atoms with Gasteiger partial charge in [0.1, 0.15) is 5.69 Å². The summed E-state index contributed by atoms with van der Waals surface area (Å²) < 4.78 is 4.91. The number of thiazole rings is 1. The lowest BCUT2D eigenvalue weighted by Crippen LogP contribution is -2.13.